The van der Waals surface area contributed by atoms with E-state index in [0.717, 1.165) is 44.9 Å². The molecule has 5 nitrogen and oxygen atoms in total. The highest BCUT2D eigenvalue weighted by atomic mass is 16.5. The largest absolute Gasteiger partial charge is 0.382 e. The molecule has 1 rings (SSSR count). The van der Waals surface area contributed by atoms with Crippen LogP contribution in [0.25, 0.3) is 0 Å². The fraction of sp³-hybridized carbons (Fsp3) is 0.923. The molecular weight excluding hydrogens is 234 g/mol. The Balaban J connectivity index is 1.88. The van der Waals surface area contributed by atoms with Crippen LogP contribution in [-0.4, -0.2) is 52.6 Å². The molecule has 1 aliphatic heterocycles. The summed E-state index contributed by atoms with van der Waals surface area (Å²) in [4.78, 5) is 11.4. The van der Waals surface area contributed by atoms with Crippen LogP contribution in [-0.2, 0) is 19.0 Å². The number of carbonyl (C=O) groups excluding carboxylic acids is 1. The van der Waals surface area contributed by atoms with Crippen molar-refractivity contribution in [2.24, 2.45) is 5.92 Å². The van der Waals surface area contributed by atoms with Crippen molar-refractivity contribution in [3.63, 3.8) is 0 Å². The molecule has 1 aliphatic rings. The van der Waals surface area contributed by atoms with Crippen LogP contribution in [0.15, 0.2) is 0 Å². The van der Waals surface area contributed by atoms with Gasteiger partial charge in [-0.3, -0.25) is 4.79 Å². The van der Waals surface area contributed by atoms with Gasteiger partial charge in [0.2, 0.25) is 5.91 Å². The molecule has 18 heavy (non-hydrogen) atoms. The van der Waals surface area contributed by atoms with Crippen LogP contribution >= 0.6 is 0 Å². The van der Waals surface area contributed by atoms with Crippen LogP contribution in [0.1, 0.15) is 25.7 Å². The lowest BCUT2D eigenvalue weighted by molar-refractivity contribution is -0.126. The van der Waals surface area contributed by atoms with Gasteiger partial charge in [0.15, 0.2) is 0 Å². The van der Waals surface area contributed by atoms with Gasteiger partial charge in [-0.05, 0) is 31.6 Å². The first kappa shape index (κ1) is 15.4. The highest BCUT2D eigenvalue weighted by Crippen LogP contribution is 2.19. The van der Waals surface area contributed by atoms with Gasteiger partial charge in [0.25, 0.3) is 0 Å². The van der Waals surface area contributed by atoms with Crippen molar-refractivity contribution in [2.45, 2.75) is 25.7 Å². The van der Waals surface area contributed by atoms with Gasteiger partial charge >= 0.3 is 0 Å². The average molecular weight is 259 g/mol. The molecule has 0 aromatic carbocycles. The summed E-state index contributed by atoms with van der Waals surface area (Å²) in [6, 6.07) is 0. The van der Waals surface area contributed by atoms with Gasteiger partial charge in [-0.1, -0.05) is 0 Å². The van der Waals surface area contributed by atoms with E-state index in [1.807, 2.05) is 0 Å². The molecule has 1 heterocycles. The molecule has 1 saturated heterocycles. The summed E-state index contributed by atoms with van der Waals surface area (Å²) in [6.07, 6.45) is 4.53. The zero-order chi connectivity index (χ0) is 13.1. The summed E-state index contributed by atoms with van der Waals surface area (Å²) >= 11 is 0. The smallest absolute Gasteiger partial charge is 0.245 e. The first-order valence-corrected chi connectivity index (χ1v) is 6.74. The predicted octanol–water partition coefficient (Wildman–Crippen LogP) is 0.972. The number of nitrogens with one attached hydrogen (secondary N) is 1. The van der Waals surface area contributed by atoms with Crippen molar-refractivity contribution in [1.29, 1.82) is 0 Å². The van der Waals surface area contributed by atoms with Gasteiger partial charge in [0, 0.05) is 26.9 Å². The number of methoxy groups -OCH3 is 1. The van der Waals surface area contributed by atoms with E-state index in [1.54, 1.807) is 7.11 Å². The maximum absolute atomic E-state index is 11.4. The first-order valence-electron chi connectivity index (χ1n) is 6.74. The molecular formula is C13H25NO4. The zero-order valence-electron chi connectivity index (χ0n) is 11.3. The van der Waals surface area contributed by atoms with E-state index >= 15 is 0 Å². The molecule has 0 aromatic rings. The van der Waals surface area contributed by atoms with Gasteiger partial charge in [-0.2, -0.15) is 0 Å². The van der Waals surface area contributed by atoms with Crippen LogP contribution in [0, 0.1) is 5.92 Å². The maximum atomic E-state index is 11.4. The minimum atomic E-state index is -0.0434. The Morgan fingerprint density at radius 1 is 1.33 bits per heavy atom. The molecule has 0 atom stereocenters. The summed E-state index contributed by atoms with van der Waals surface area (Å²) in [6.45, 7) is 3.64. The molecule has 1 amide bonds. The highest BCUT2D eigenvalue weighted by molar-refractivity contribution is 5.77. The fourth-order valence-corrected chi connectivity index (χ4v) is 2.01. The fourth-order valence-electron chi connectivity index (χ4n) is 2.01. The predicted molar refractivity (Wildman–Crippen MR) is 68.5 cm³/mol. The summed E-state index contributed by atoms with van der Waals surface area (Å²) < 4.78 is 15.3. The van der Waals surface area contributed by atoms with E-state index in [-0.39, 0.29) is 12.5 Å². The molecule has 0 aromatic heterocycles. The Morgan fingerprint density at radius 3 is 2.83 bits per heavy atom. The van der Waals surface area contributed by atoms with Gasteiger partial charge in [0.05, 0.1) is 13.2 Å². The van der Waals surface area contributed by atoms with Crippen LogP contribution in [0.3, 0.4) is 0 Å². The van der Waals surface area contributed by atoms with Gasteiger partial charge in [-0.15, -0.1) is 0 Å². The van der Waals surface area contributed by atoms with Gasteiger partial charge in [0.1, 0.15) is 6.61 Å². The van der Waals surface area contributed by atoms with E-state index < -0.39 is 0 Å². The highest BCUT2D eigenvalue weighted by Gasteiger charge is 2.13. The lowest BCUT2D eigenvalue weighted by Gasteiger charge is -2.21. The second-order valence-corrected chi connectivity index (χ2v) is 4.59. The number of hydrogen-bond acceptors (Lipinski definition) is 4. The summed E-state index contributed by atoms with van der Waals surface area (Å²) in [5, 5.41) is 2.86. The molecule has 0 unspecified atom stereocenters. The summed E-state index contributed by atoms with van der Waals surface area (Å²) in [5.74, 6) is 0.728. The third kappa shape index (κ3) is 7.63. The Morgan fingerprint density at radius 2 is 2.11 bits per heavy atom. The molecule has 106 valence electrons. The standard InChI is InChI=1S/C13H25NO4/c1-16-9-10-18-11-13(15)14-6-2-3-12-4-7-17-8-5-12/h12H,2-11H2,1H3,(H,14,15). The van der Waals surface area contributed by atoms with Crippen LogP contribution in [0.2, 0.25) is 0 Å². The molecule has 0 bridgehead atoms. The zero-order valence-corrected chi connectivity index (χ0v) is 11.3. The van der Waals surface area contributed by atoms with E-state index in [0.29, 0.717) is 13.2 Å². The second kappa shape index (κ2) is 10.3. The van der Waals surface area contributed by atoms with E-state index in [9.17, 15) is 4.79 Å². The topological polar surface area (TPSA) is 56.8 Å². The Bertz CT molecular complexity index is 217. The molecule has 1 fully saturated rings. The van der Waals surface area contributed by atoms with Crippen molar-refractivity contribution in [3.05, 3.63) is 0 Å². The normalized spacial score (nSPS) is 16.7. The Labute approximate surface area is 109 Å². The van der Waals surface area contributed by atoms with Gasteiger partial charge < -0.3 is 19.5 Å². The van der Waals surface area contributed by atoms with Crippen LogP contribution in [0.5, 0.6) is 0 Å². The van der Waals surface area contributed by atoms with Gasteiger partial charge in [-0.25, -0.2) is 0 Å². The minimum Gasteiger partial charge on any atom is -0.382 e. The third-order valence-electron chi connectivity index (χ3n) is 3.12. The summed E-state index contributed by atoms with van der Waals surface area (Å²) in [7, 11) is 1.61. The molecule has 5 heteroatoms. The lowest BCUT2D eigenvalue weighted by atomic mass is 9.95. The van der Waals surface area contributed by atoms with Crippen molar-refractivity contribution < 1.29 is 19.0 Å². The molecule has 0 radical (unpaired) electrons. The number of hydrogen-bond donors (Lipinski definition) is 1. The average Bonchev–Trinajstić information content (AvgIpc) is 2.41. The molecule has 0 saturated carbocycles. The lowest BCUT2D eigenvalue weighted by Crippen LogP contribution is -2.29. The number of ether oxygens (including phenoxy) is 3. The number of carbonyl (C=O) groups is 1. The Kier molecular flexibility index (Phi) is 8.81. The SMILES string of the molecule is COCCOCC(=O)NCCCC1CCOCC1. The second-order valence-electron chi connectivity index (χ2n) is 4.59. The first-order chi connectivity index (χ1) is 8.83. The van der Waals surface area contributed by atoms with Crippen molar-refractivity contribution in [2.75, 3.05) is 46.7 Å². The molecule has 0 aliphatic carbocycles. The maximum Gasteiger partial charge on any atom is 0.245 e. The third-order valence-corrected chi connectivity index (χ3v) is 3.12. The van der Waals surface area contributed by atoms with E-state index in [2.05, 4.69) is 5.32 Å². The Hall–Kier alpha value is -0.650. The molecule has 0 spiro atoms. The van der Waals surface area contributed by atoms with Crippen LogP contribution < -0.4 is 5.32 Å². The number of rotatable bonds is 9. The minimum absolute atomic E-state index is 0.0434. The monoisotopic (exact) mass is 259 g/mol. The summed E-state index contributed by atoms with van der Waals surface area (Å²) in [5.41, 5.74) is 0. The van der Waals surface area contributed by atoms with Crippen molar-refractivity contribution in [1.82, 2.24) is 5.32 Å². The van der Waals surface area contributed by atoms with E-state index in [1.165, 1.54) is 6.42 Å². The quantitative estimate of drug-likeness (QED) is 0.627. The van der Waals surface area contributed by atoms with E-state index in [4.69, 9.17) is 14.2 Å². The molecule has 1 N–H and O–H groups in total. The van der Waals surface area contributed by atoms with Crippen molar-refractivity contribution in [3.8, 4) is 0 Å². The van der Waals surface area contributed by atoms with Crippen molar-refractivity contribution >= 4 is 5.91 Å². The van der Waals surface area contributed by atoms with Crippen LogP contribution in [0.4, 0.5) is 0 Å². The number of amides is 1.